The molecule has 0 saturated heterocycles. The van der Waals surface area contributed by atoms with E-state index >= 15 is 0 Å². The highest BCUT2D eigenvalue weighted by Crippen LogP contribution is 2.33. The van der Waals surface area contributed by atoms with Gasteiger partial charge in [-0.2, -0.15) is 13.2 Å². The molecule has 1 aromatic heterocycles. The molecule has 0 spiro atoms. The maximum atomic E-state index is 14.0. The van der Waals surface area contributed by atoms with E-state index in [0.717, 1.165) is 12.7 Å². The van der Waals surface area contributed by atoms with Crippen molar-refractivity contribution in [2.24, 2.45) is 0 Å². The molecular formula is C18H19F3N3O4+. The maximum Gasteiger partial charge on any atom is 0.464 e. The quantitative estimate of drug-likeness (QED) is 0.575. The van der Waals surface area contributed by atoms with Crippen LogP contribution in [0, 0.1) is 6.92 Å². The van der Waals surface area contributed by atoms with Gasteiger partial charge in [0.2, 0.25) is 0 Å². The molecule has 2 aromatic rings. The van der Waals surface area contributed by atoms with E-state index in [9.17, 15) is 22.8 Å². The molecule has 0 unspecified atom stereocenters. The zero-order chi connectivity index (χ0) is 20.9. The number of hydrogen-bond donors (Lipinski definition) is 2. The summed E-state index contributed by atoms with van der Waals surface area (Å²) < 4.78 is 51.4. The van der Waals surface area contributed by atoms with Crippen LogP contribution in [0.3, 0.4) is 0 Å². The van der Waals surface area contributed by atoms with Crippen molar-refractivity contribution in [3.8, 4) is 5.75 Å². The van der Waals surface area contributed by atoms with Crippen molar-refractivity contribution >= 4 is 17.7 Å². The van der Waals surface area contributed by atoms with Crippen LogP contribution in [0.25, 0.3) is 0 Å². The number of anilines is 1. The topological polar surface area (TPSA) is 90.8 Å². The van der Waals surface area contributed by atoms with Gasteiger partial charge < -0.3 is 9.47 Å². The van der Waals surface area contributed by atoms with Crippen LogP contribution in [0.1, 0.15) is 15.9 Å². The number of benzene rings is 1. The van der Waals surface area contributed by atoms with Crippen molar-refractivity contribution in [3.63, 3.8) is 0 Å². The summed E-state index contributed by atoms with van der Waals surface area (Å²) in [4.78, 5) is 27.4. The fraction of sp³-hybridized carbons (Fsp3) is 0.278. The molecule has 0 aliphatic heterocycles. The lowest BCUT2D eigenvalue weighted by Crippen LogP contribution is -2.69. The van der Waals surface area contributed by atoms with E-state index < -0.39 is 23.7 Å². The van der Waals surface area contributed by atoms with Gasteiger partial charge in [-0.05, 0) is 30.7 Å². The van der Waals surface area contributed by atoms with Gasteiger partial charge in [0.1, 0.15) is 5.75 Å². The molecule has 7 nitrogen and oxygen atoms in total. The van der Waals surface area contributed by atoms with Crippen LogP contribution >= 0.6 is 0 Å². The number of para-hydroxylation sites is 1. The van der Waals surface area contributed by atoms with Crippen LogP contribution < -0.4 is 20.4 Å². The molecule has 0 radical (unpaired) electrons. The fourth-order valence-electron chi connectivity index (χ4n) is 2.40. The molecule has 0 aliphatic rings. The Morgan fingerprint density at radius 1 is 1.07 bits per heavy atom. The first-order valence-corrected chi connectivity index (χ1v) is 8.02. The Bertz CT molecular complexity index is 856. The third-order valence-corrected chi connectivity index (χ3v) is 3.86. The van der Waals surface area contributed by atoms with E-state index in [2.05, 4.69) is 9.72 Å². The molecule has 2 rings (SSSR count). The number of amides is 1. The van der Waals surface area contributed by atoms with Gasteiger partial charge in [-0.25, -0.2) is 15.1 Å². The van der Waals surface area contributed by atoms with E-state index in [1.54, 1.807) is 18.3 Å². The predicted octanol–water partition coefficient (Wildman–Crippen LogP) is 2.09. The van der Waals surface area contributed by atoms with Crippen molar-refractivity contribution in [1.82, 2.24) is 5.32 Å². The number of nitrogens with one attached hydrogen (secondary N) is 3. The smallest absolute Gasteiger partial charge is 0.464 e. The van der Waals surface area contributed by atoms with Crippen molar-refractivity contribution in [1.29, 1.82) is 0 Å². The fourth-order valence-corrected chi connectivity index (χ4v) is 2.40. The number of rotatable bonds is 6. The summed E-state index contributed by atoms with van der Waals surface area (Å²) in [7, 11) is 2.06. The number of carbonyl (C=O) groups is 2. The number of ether oxygens (including phenoxy) is 2. The van der Waals surface area contributed by atoms with Gasteiger partial charge >= 0.3 is 17.8 Å². The van der Waals surface area contributed by atoms with Gasteiger partial charge in [-0.15, -0.1) is 0 Å². The lowest BCUT2D eigenvalue weighted by molar-refractivity contribution is -0.363. The summed E-state index contributed by atoms with van der Waals surface area (Å²) in [5, 5.41) is 3.75. The zero-order valence-corrected chi connectivity index (χ0v) is 15.3. The summed E-state index contributed by atoms with van der Waals surface area (Å²) in [6.07, 6.45) is -3.81. The minimum atomic E-state index is -5.24. The Morgan fingerprint density at radius 3 is 2.29 bits per heavy atom. The number of H-pyrrole nitrogens is 1. The Balaban J connectivity index is 2.51. The van der Waals surface area contributed by atoms with E-state index in [0.29, 0.717) is 0 Å². The number of aromatic amines is 1. The summed E-state index contributed by atoms with van der Waals surface area (Å²) in [5.74, 6) is -3.03. The molecule has 10 heteroatoms. The third kappa shape index (κ3) is 4.16. The SMILES string of the molecule is COC(=O)[C@@](NC(=O)c1ccccc1OC)(Nc1ccc(C)c[nH+]1)C(F)(F)F. The van der Waals surface area contributed by atoms with Crippen molar-refractivity contribution in [2.75, 3.05) is 19.5 Å². The number of aryl methyl sites for hydroxylation is 1. The first kappa shape index (κ1) is 21.0. The molecule has 0 saturated carbocycles. The highest BCUT2D eigenvalue weighted by Gasteiger charge is 2.67. The Hall–Kier alpha value is -3.30. The average molecular weight is 398 g/mol. The molecule has 0 aliphatic carbocycles. The predicted molar refractivity (Wildman–Crippen MR) is 92.6 cm³/mol. The van der Waals surface area contributed by atoms with Crippen LogP contribution in [0.2, 0.25) is 0 Å². The number of methoxy groups -OCH3 is 2. The Labute approximate surface area is 158 Å². The first-order valence-electron chi connectivity index (χ1n) is 8.02. The summed E-state index contributed by atoms with van der Waals surface area (Å²) in [6, 6.07) is 8.50. The van der Waals surface area contributed by atoms with Crippen molar-refractivity contribution < 1.29 is 37.2 Å². The average Bonchev–Trinajstić information content (AvgIpc) is 2.67. The number of carbonyl (C=O) groups excluding carboxylic acids is 2. The van der Waals surface area contributed by atoms with Crippen LogP contribution in [0.15, 0.2) is 42.6 Å². The van der Waals surface area contributed by atoms with Crippen LogP contribution in [0.4, 0.5) is 19.0 Å². The van der Waals surface area contributed by atoms with Crippen molar-refractivity contribution in [3.05, 3.63) is 53.7 Å². The normalized spacial score (nSPS) is 13.2. The molecular weight excluding hydrogens is 379 g/mol. The van der Waals surface area contributed by atoms with Gasteiger partial charge in [0, 0.05) is 6.07 Å². The molecule has 1 atom stereocenters. The summed E-state index contributed by atoms with van der Waals surface area (Å²) in [6.45, 7) is 1.72. The molecule has 0 fully saturated rings. The number of pyridine rings is 1. The number of aromatic nitrogens is 1. The second-order valence-electron chi connectivity index (χ2n) is 5.80. The Morgan fingerprint density at radius 2 is 1.75 bits per heavy atom. The molecule has 0 bridgehead atoms. The molecule has 1 aromatic carbocycles. The van der Waals surface area contributed by atoms with Crippen LogP contribution in [-0.4, -0.2) is 37.9 Å². The van der Waals surface area contributed by atoms with Gasteiger partial charge in [0.05, 0.1) is 26.0 Å². The molecule has 1 amide bonds. The highest BCUT2D eigenvalue weighted by molar-refractivity contribution is 6.01. The summed E-state index contributed by atoms with van der Waals surface area (Å²) in [5.41, 5.74) is -2.97. The number of hydrogen-bond acceptors (Lipinski definition) is 5. The van der Waals surface area contributed by atoms with E-state index in [1.807, 2.05) is 5.32 Å². The second kappa shape index (κ2) is 8.15. The number of esters is 1. The lowest BCUT2D eigenvalue weighted by atomic mass is 10.1. The number of alkyl halides is 3. The molecule has 150 valence electrons. The van der Waals surface area contributed by atoms with Gasteiger partial charge in [-0.3, -0.25) is 10.1 Å². The Kier molecular flexibility index (Phi) is 6.12. The third-order valence-electron chi connectivity index (χ3n) is 3.86. The molecule has 3 N–H and O–H groups in total. The maximum absolute atomic E-state index is 14.0. The van der Waals surface area contributed by atoms with Gasteiger partial charge in [0.15, 0.2) is 0 Å². The summed E-state index contributed by atoms with van der Waals surface area (Å²) >= 11 is 0. The largest absolute Gasteiger partial charge is 0.496 e. The highest BCUT2D eigenvalue weighted by atomic mass is 19.4. The minimum Gasteiger partial charge on any atom is -0.496 e. The zero-order valence-electron chi connectivity index (χ0n) is 15.3. The lowest BCUT2D eigenvalue weighted by Gasteiger charge is -2.30. The molecule has 28 heavy (non-hydrogen) atoms. The van der Waals surface area contributed by atoms with Gasteiger partial charge in [0.25, 0.3) is 11.7 Å². The van der Waals surface area contributed by atoms with E-state index in [-0.39, 0.29) is 17.1 Å². The number of halogens is 3. The molecule has 1 heterocycles. The van der Waals surface area contributed by atoms with E-state index in [4.69, 9.17) is 4.74 Å². The van der Waals surface area contributed by atoms with Crippen LogP contribution in [-0.2, 0) is 9.53 Å². The van der Waals surface area contributed by atoms with Gasteiger partial charge in [-0.1, -0.05) is 12.1 Å². The monoisotopic (exact) mass is 398 g/mol. The van der Waals surface area contributed by atoms with Crippen molar-refractivity contribution in [2.45, 2.75) is 18.8 Å². The van der Waals surface area contributed by atoms with E-state index in [1.165, 1.54) is 43.6 Å². The second-order valence-corrected chi connectivity index (χ2v) is 5.80. The minimum absolute atomic E-state index is 0.0443. The first-order chi connectivity index (χ1) is 13.1. The van der Waals surface area contributed by atoms with Crippen LogP contribution in [0.5, 0.6) is 5.75 Å². The standard InChI is InChI=1S/C18H18F3N3O4/c1-11-8-9-14(22-10-11)23-17(16(26)28-3,18(19,20)21)24-15(25)12-6-4-5-7-13(12)27-2/h4-10H,1-3H3,(H,22,23)(H,24,25)/p+1/t17-/m0/s1.